The summed E-state index contributed by atoms with van der Waals surface area (Å²) < 4.78 is 5.52. The summed E-state index contributed by atoms with van der Waals surface area (Å²) in [5.74, 6) is -0.881. The number of amides is 2. The lowest BCUT2D eigenvalue weighted by molar-refractivity contribution is -0.159. The third-order valence-electron chi connectivity index (χ3n) is 5.21. The van der Waals surface area contributed by atoms with E-state index in [9.17, 15) is 19.5 Å². The van der Waals surface area contributed by atoms with Crippen molar-refractivity contribution in [1.29, 1.82) is 0 Å². The number of rotatable bonds is 7. The van der Waals surface area contributed by atoms with Gasteiger partial charge in [-0.25, -0.2) is 4.79 Å². The number of likely N-dealkylation sites (tertiary alicyclic amines) is 1. The molecule has 1 aliphatic heterocycles. The van der Waals surface area contributed by atoms with Crippen molar-refractivity contribution < 1.29 is 24.2 Å². The van der Waals surface area contributed by atoms with Crippen LogP contribution in [0.25, 0.3) is 0 Å². The molecule has 0 aromatic heterocycles. The standard InChI is InChI=1S/C25H30N2O5/c1-25(2,3)32-24(31)20(15-17-9-11-19(28)12-10-17)26-23(30)21-13-14-22(29)27(21)16-18-7-5-4-6-8-18/h4-12,20-21,28H,13-16H2,1-3H3,(H,26,30)/t20-,21-/m0/s1. The van der Waals surface area contributed by atoms with Crippen LogP contribution < -0.4 is 5.32 Å². The molecular formula is C25H30N2O5. The number of carbonyl (C=O) groups excluding carboxylic acids is 3. The Balaban J connectivity index is 1.75. The fraction of sp³-hybridized carbons (Fsp3) is 0.400. The van der Waals surface area contributed by atoms with Crippen LogP contribution in [0.2, 0.25) is 0 Å². The number of phenolic OH excluding ortho intramolecular Hbond substituents is 1. The number of nitrogens with one attached hydrogen (secondary N) is 1. The molecule has 0 unspecified atom stereocenters. The Morgan fingerprint density at radius 2 is 1.75 bits per heavy atom. The van der Waals surface area contributed by atoms with Crippen LogP contribution in [0.15, 0.2) is 54.6 Å². The molecule has 32 heavy (non-hydrogen) atoms. The zero-order valence-corrected chi connectivity index (χ0v) is 18.7. The first kappa shape index (κ1) is 23.3. The smallest absolute Gasteiger partial charge is 0.329 e. The molecule has 0 saturated carbocycles. The van der Waals surface area contributed by atoms with Crippen molar-refractivity contribution >= 4 is 17.8 Å². The van der Waals surface area contributed by atoms with Gasteiger partial charge in [0.05, 0.1) is 0 Å². The van der Waals surface area contributed by atoms with E-state index in [1.54, 1.807) is 37.8 Å². The average Bonchev–Trinajstić information content (AvgIpc) is 3.09. The molecule has 0 bridgehead atoms. The maximum absolute atomic E-state index is 13.2. The topological polar surface area (TPSA) is 95.9 Å². The lowest BCUT2D eigenvalue weighted by Gasteiger charge is -2.28. The van der Waals surface area contributed by atoms with E-state index >= 15 is 0 Å². The van der Waals surface area contributed by atoms with Gasteiger partial charge in [0.2, 0.25) is 11.8 Å². The van der Waals surface area contributed by atoms with Crippen LogP contribution in [0.4, 0.5) is 0 Å². The van der Waals surface area contributed by atoms with E-state index in [1.807, 2.05) is 30.3 Å². The highest BCUT2D eigenvalue weighted by molar-refractivity contribution is 5.93. The normalized spacial score (nSPS) is 17.2. The van der Waals surface area contributed by atoms with Crippen LogP contribution in [0.3, 0.4) is 0 Å². The number of phenols is 1. The Morgan fingerprint density at radius 3 is 2.38 bits per heavy atom. The van der Waals surface area contributed by atoms with E-state index in [2.05, 4.69) is 5.32 Å². The highest BCUT2D eigenvalue weighted by atomic mass is 16.6. The van der Waals surface area contributed by atoms with Crippen molar-refractivity contribution in [3.05, 3.63) is 65.7 Å². The number of hydrogen-bond donors (Lipinski definition) is 2. The molecule has 0 spiro atoms. The Bertz CT molecular complexity index is 951. The van der Waals surface area contributed by atoms with E-state index in [-0.39, 0.29) is 24.0 Å². The van der Waals surface area contributed by atoms with Crippen LogP contribution >= 0.6 is 0 Å². The first-order valence-corrected chi connectivity index (χ1v) is 10.8. The molecule has 3 rings (SSSR count). The van der Waals surface area contributed by atoms with Gasteiger partial charge in [-0.15, -0.1) is 0 Å². The lowest BCUT2D eigenvalue weighted by Crippen LogP contribution is -2.52. The highest BCUT2D eigenvalue weighted by Gasteiger charge is 2.38. The molecule has 2 aromatic rings. The van der Waals surface area contributed by atoms with E-state index < -0.39 is 23.7 Å². The summed E-state index contributed by atoms with van der Waals surface area (Å²) in [6, 6.07) is 14.4. The first-order chi connectivity index (χ1) is 15.1. The zero-order valence-electron chi connectivity index (χ0n) is 18.7. The summed E-state index contributed by atoms with van der Waals surface area (Å²) in [5, 5.41) is 12.3. The van der Waals surface area contributed by atoms with Crippen molar-refractivity contribution in [2.45, 2.75) is 64.3 Å². The summed E-state index contributed by atoms with van der Waals surface area (Å²) in [6.07, 6.45) is 0.901. The molecule has 7 nitrogen and oxygen atoms in total. The molecule has 1 fully saturated rings. The maximum atomic E-state index is 13.2. The quantitative estimate of drug-likeness (QED) is 0.648. The molecule has 1 aliphatic rings. The number of benzene rings is 2. The molecule has 2 N–H and O–H groups in total. The molecule has 170 valence electrons. The van der Waals surface area contributed by atoms with Gasteiger partial charge in [0, 0.05) is 19.4 Å². The molecule has 7 heteroatoms. The van der Waals surface area contributed by atoms with Crippen LogP contribution in [0, 0.1) is 0 Å². The minimum absolute atomic E-state index is 0.0821. The molecule has 1 heterocycles. The van der Waals surface area contributed by atoms with Crippen molar-refractivity contribution in [3.8, 4) is 5.75 Å². The molecule has 1 saturated heterocycles. The Morgan fingerprint density at radius 1 is 1.09 bits per heavy atom. The summed E-state index contributed by atoms with van der Waals surface area (Å²) in [7, 11) is 0. The number of esters is 1. The summed E-state index contributed by atoms with van der Waals surface area (Å²) in [6.45, 7) is 5.64. The molecule has 2 amide bonds. The Kier molecular flexibility index (Phi) is 7.18. The fourth-order valence-electron chi connectivity index (χ4n) is 3.69. The number of aromatic hydroxyl groups is 1. The monoisotopic (exact) mass is 438 g/mol. The van der Waals surface area contributed by atoms with Crippen molar-refractivity contribution in [3.63, 3.8) is 0 Å². The Hall–Kier alpha value is -3.35. The zero-order chi connectivity index (χ0) is 23.3. The summed E-state index contributed by atoms with van der Waals surface area (Å²) >= 11 is 0. The molecule has 0 aliphatic carbocycles. The number of nitrogens with zero attached hydrogens (tertiary/aromatic N) is 1. The Labute approximate surface area is 188 Å². The van der Waals surface area contributed by atoms with E-state index in [0.29, 0.717) is 19.4 Å². The predicted octanol–water partition coefficient (Wildman–Crippen LogP) is 2.95. The van der Waals surface area contributed by atoms with Gasteiger partial charge in [-0.1, -0.05) is 42.5 Å². The maximum Gasteiger partial charge on any atom is 0.329 e. The fourth-order valence-corrected chi connectivity index (χ4v) is 3.69. The van der Waals surface area contributed by atoms with Gasteiger partial charge in [-0.3, -0.25) is 9.59 Å². The largest absolute Gasteiger partial charge is 0.508 e. The van der Waals surface area contributed by atoms with Crippen molar-refractivity contribution in [1.82, 2.24) is 10.2 Å². The van der Waals surface area contributed by atoms with Gasteiger partial charge in [0.1, 0.15) is 23.4 Å². The third kappa shape index (κ3) is 6.33. The molecule has 2 aromatic carbocycles. The minimum Gasteiger partial charge on any atom is -0.508 e. The second kappa shape index (κ2) is 9.85. The molecule has 0 radical (unpaired) electrons. The molecule has 2 atom stereocenters. The number of carbonyl (C=O) groups is 3. The van der Waals surface area contributed by atoms with Gasteiger partial charge in [-0.2, -0.15) is 0 Å². The van der Waals surface area contributed by atoms with Crippen LogP contribution in [0.5, 0.6) is 5.75 Å². The highest BCUT2D eigenvalue weighted by Crippen LogP contribution is 2.22. The van der Waals surface area contributed by atoms with Gasteiger partial charge >= 0.3 is 5.97 Å². The van der Waals surface area contributed by atoms with Gasteiger partial charge < -0.3 is 20.1 Å². The summed E-state index contributed by atoms with van der Waals surface area (Å²) in [4.78, 5) is 40.0. The minimum atomic E-state index is -0.916. The van der Waals surface area contributed by atoms with Crippen LogP contribution in [-0.4, -0.2) is 45.5 Å². The first-order valence-electron chi connectivity index (χ1n) is 10.8. The molecular weight excluding hydrogens is 408 g/mol. The van der Waals surface area contributed by atoms with Gasteiger partial charge in [0.15, 0.2) is 0 Å². The third-order valence-corrected chi connectivity index (χ3v) is 5.21. The predicted molar refractivity (Wildman–Crippen MR) is 120 cm³/mol. The van der Waals surface area contributed by atoms with Crippen molar-refractivity contribution in [2.75, 3.05) is 0 Å². The summed E-state index contributed by atoms with van der Waals surface area (Å²) in [5.41, 5.74) is 0.994. The van der Waals surface area contributed by atoms with Crippen LogP contribution in [0.1, 0.15) is 44.7 Å². The van der Waals surface area contributed by atoms with E-state index in [1.165, 1.54) is 12.1 Å². The van der Waals surface area contributed by atoms with Gasteiger partial charge in [0.25, 0.3) is 0 Å². The lowest BCUT2D eigenvalue weighted by atomic mass is 10.0. The second-order valence-corrected chi connectivity index (χ2v) is 9.03. The SMILES string of the molecule is CC(C)(C)OC(=O)[C@H](Cc1ccc(O)cc1)NC(=O)[C@@H]1CCC(=O)N1Cc1ccccc1. The average molecular weight is 439 g/mol. The number of hydrogen-bond acceptors (Lipinski definition) is 5. The van der Waals surface area contributed by atoms with Gasteiger partial charge in [-0.05, 0) is 50.5 Å². The second-order valence-electron chi connectivity index (χ2n) is 9.03. The number of ether oxygens (including phenoxy) is 1. The van der Waals surface area contributed by atoms with E-state index in [0.717, 1.165) is 11.1 Å². The van der Waals surface area contributed by atoms with E-state index in [4.69, 9.17) is 4.74 Å². The van der Waals surface area contributed by atoms with Crippen molar-refractivity contribution in [2.24, 2.45) is 0 Å². The van der Waals surface area contributed by atoms with Crippen LogP contribution in [-0.2, 0) is 32.1 Å².